The van der Waals surface area contributed by atoms with Crippen LogP contribution in [0.1, 0.15) is 31.7 Å². The predicted molar refractivity (Wildman–Crippen MR) is 106 cm³/mol. The number of carboxylic acid groups (broad SMARTS) is 2. The highest BCUT2D eigenvalue weighted by Gasteiger charge is 2.19. The summed E-state index contributed by atoms with van der Waals surface area (Å²) >= 11 is 0. The molecular formula is C22H25NO5. The molecule has 148 valence electrons. The van der Waals surface area contributed by atoms with Gasteiger partial charge < -0.3 is 15.5 Å². The average Bonchev–Trinajstić information content (AvgIpc) is 2.67. The second kappa shape index (κ2) is 10.3. The molecule has 3 N–H and O–H groups in total. The first kappa shape index (κ1) is 21.2. The fourth-order valence-corrected chi connectivity index (χ4v) is 2.92. The molecular weight excluding hydrogens is 358 g/mol. The van der Waals surface area contributed by atoms with Crippen molar-refractivity contribution in [1.29, 1.82) is 0 Å². The van der Waals surface area contributed by atoms with E-state index in [0.29, 0.717) is 6.42 Å². The van der Waals surface area contributed by atoms with Crippen molar-refractivity contribution in [3.05, 3.63) is 60.2 Å². The van der Waals surface area contributed by atoms with E-state index in [1.165, 1.54) is 6.92 Å². The zero-order chi connectivity index (χ0) is 20.5. The molecule has 0 radical (unpaired) electrons. The molecule has 1 amide bonds. The predicted octanol–water partition coefficient (Wildman–Crippen LogP) is 3.36. The molecule has 6 heteroatoms. The molecule has 6 nitrogen and oxygen atoms in total. The summed E-state index contributed by atoms with van der Waals surface area (Å²) in [4.78, 5) is 34.0. The van der Waals surface area contributed by atoms with E-state index >= 15 is 0 Å². The molecule has 0 heterocycles. The largest absolute Gasteiger partial charge is 0.481 e. The summed E-state index contributed by atoms with van der Waals surface area (Å²) < 4.78 is 0. The fourth-order valence-electron chi connectivity index (χ4n) is 2.92. The molecule has 2 aromatic carbocycles. The third kappa shape index (κ3) is 6.87. The van der Waals surface area contributed by atoms with Gasteiger partial charge in [-0.05, 0) is 29.5 Å². The number of carboxylic acids is 2. The topological polar surface area (TPSA) is 104 Å². The van der Waals surface area contributed by atoms with Crippen LogP contribution in [0.3, 0.4) is 0 Å². The van der Waals surface area contributed by atoms with Crippen LogP contribution >= 0.6 is 0 Å². The molecule has 0 fully saturated rings. The van der Waals surface area contributed by atoms with Gasteiger partial charge in [-0.15, -0.1) is 0 Å². The molecule has 0 saturated heterocycles. The van der Waals surface area contributed by atoms with Crippen LogP contribution in [-0.4, -0.2) is 34.1 Å². The maximum absolute atomic E-state index is 12.1. The summed E-state index contributed by atoms with van der Waals surface area (Å²) in [7, 11) is 0. The van der Waals surface area contributed by atoms with Crippen LogP contribution in [0.15, 0.2) is 54.6 Å². The number of hydrogen-bond acceptors (Lipinski definition) is 3. The highest BCUT2D eigenvalue weighted by molar-refractivity contribution is 5.82. The SMILES string of the molecule is CC(CC(=O)NC(CCC(=O)O)Cc1ccc(-c2ccccc2)cc1)C(=O)O. The number of nitrogens with one attached hydrogen (secondary N) is 1. The quantitative estimate of drug-likeness (QED) is 0.584. The number of rotatable bonds is 10. The Labute approximate surface area is 164 Å². The van der Waals surface area contributed by atoms with Crippen molar-refractivity contribution in [2.24, 2.45) is 5.92 Å². The van der Waals surface area contributed by atoms with Crippen molar-refractivity contribution in [2.45, 2.75) is 38.6 Å². The van der Waals surface area contributed by atoms with Gasteiger partial charge in [0.25, 0.3) is 0 Å². The van der Waals surface area contributed by atoms with Gasteiger partial charge >= 0.3 is 11.9 Å². The Morgan fingerprint density at radius 2 is 1.54 bits per heavy atom. The minimum absolute atomic E-state index is 0.0679. The lowest BCUT2D eigenvalue weighted by Crippen LogP contribution is -2.38. The Balaban J connectivity index is 2.03. The molecule has 0 aliphatic rings. The molecule has 2 atom stereocenters. The van der Waals surface area contributed by atoms with Crippen LogP contribution in [0.2, 0.25) is 0 Å². The van der Waals surface area contributed by atoms with Crippen LogP contribution in [0.5, 0.6) is 0 Å². The van der Waals surface area contributed by atoms with Gasteiger partial charge in [0.2, 0.25) is 5.91 Å². The van der Waals surface area contributed by atoms with E-state index in [1.807, 2.05) is 54.6 Å². The summed E-state index contributed by atoms with van der Waals surface area (Å²) in [6, 6.07) is 17.5. The first-order valence-corrected chi connectivity index (χ1v) is 9.23. The molecule has 0 spiro atoms. The van der Waals surface area contributed by atoms with Crippen LogP contribution < -0.4 is 5.32 Å². The standard InChI is InChI=1S/C22H25NO5/c1-15(22(27)28)13-20(24)23-19(11-12-21(25)26)14-16-7-9-18(10-8-16)17-5-3-2-4-6-17/h2-10,15,19H,11-14H2,1H3,(H,23,24)(H,25,26)(H,27,28). The average molecular weight is 383 g/mol. The summed E-state index contributed by atoms with van der Waals surface area (Å²) in [5, 5.41) is 20.7. The van der Waals surface area contributed by atoms with E-state index in [-0.39, 0.29) is 31.2 Å². The summed E-state index contributed by atoms with van der Waals surface area (Å²) in [6.45, 7) is 1.47. The molecule has 0 bridgehead atoms. The number of hydrogen-bond donors (Lipinski definition) is 3. The van der Waals surface area contributed by atoms with Crippen LogP contribution in [0, 0.1) is 5.92 Å². The maximum Gasteiger partial charge on any atom is 0.306 e. The Bertz CT molecular complexity index is 801. The number of carbonyl (C=O) groups excluding carboxylic acids is 1. The maximum atomic E-state index is 12.1. The van der Waals surface area contributed by atoms with Crippen LogP contribution in [0.4, 0.5) is 0 Å². The molecule has 2 aromatic rings. The first-order chi connectivity index (χ1) is 13.3. The van der Waals surface area contributed by atoms with Crippen LogP contribution in [-0.2, 0) is 20.8 Å². The minimum atomic E-state index is -1.03. The molecule has 0 saturated carbocycles. The second-order valence-electron chi connectivity index (χ2n) is 6.91. The Kier molecular flexibility index (Phi) is 7.75. The highest BCUT2D eigenvalue weighted by atomic mass is 16.4. The first-order valence-electron chi connectivity index (χ1n) is 9.23. The van der Waals surface area contributed by atoms with E-state index in [2.05, 4.69) is 5.32 Å². The van der Waals surface area contributed by atoms with Gasteiger partial charge in [0, 0.05) is 18.9 Å². The molecule has 0 aromatic heterocycles. The van der Waals surface area contributed by atoms with Crippen LogP contribution in [0.25, 0.3) is 11.1 Å². The number of carbonyl (C=O) groups is 3. The Morgan fingerprint density at radius 1 is 0.929 bits per heavy atom. The monoisotopic (exact) mass is 383 g/mol. The number of amides is 1. The molecule has 28 heavy (non-hydrogen) atoms. The van der Waals surface area contributed by atoms with Crippen molar-refractivity contribution in [1.82, 2.24) is 5.32 Å². The van der Waals surface area contributed by atoms with E-state index < -0.39 is 17.9 Å². The van der Waals surface area contributed by atoms with Crippen molar-refractivity contribution in [2.75, 3.05) is 0 Å². The number of aliphatic carboxylic acids is 2. The van der Waals surface area contributed by atoms with E-state index in [4.69, 9.17) is 10.2 Å². The Hall–Kier alpha value is -3.15. The van der Waals surface area contributed by atoms with Gasteiger partial charge in [0.1, 0.15) is 0 Å². The summed E-state index contributed by atoms with van der Waals surface area (Å²) in [6.07, 6.45) is 0.561. The lowest BCUT2D eigenvalue weighted by atomic mass is 9.98. The van der Waals surface area contributed by atoms with Crippen molar-refractivity contribution >= 4 is 17.8 Å². The summed E-state index contributed by atoms with van der Waals surface area (Å²) in [5.41, 5.74) is 3.15. The third-order valence-corrected chi connectivity index (χ3v) is 4.53. The van der Waals surface area contributed by atoms with Crippen molar-refractivity contribution in [3.8, 4) is 11.1 Å². The molecule has 0 aliphatic carbocycles. The highest BCUT2D eigenvalue weighted by Crippen LogP contribution is 2.20. The van der Waals surface area contributed by atoms with Gasteiger partial charge in [-0.2, -0.15) is 0 Å². The van der Waals surface area contributed by atoms with Gasteiger partial charge in [-0.25, -0.2) is 0 Å². The third-order valence-electron chi connectivity index (χ3n) is 4.53. The lowest BCUT2D eigenvalue weighted by molar-refractivity contribution is -0.143. The molecule has 2 unspecified atom stereocenters. The normalized spacial score (nSPS) is 12.8. The minimum Gasteiger partial charge on any atom is -0.481 e. The van der Waals surface area contributed by atoms with E-state index in [9.17, 15) is 14.4 Å². The molecule has 0 aliphatic heterocycles. The lowest BCUT2D eigenvalue weighted by Gasteiger charge is -2.19. The second-order valence-corrected chi connectivity index (χ2v) is 6.91. The fraction of sp³-hybridized carbons (Fsp3) is 0.318. The number of benzene rings is 2. The van der Waals surface area contributed by atoms with Crippen molar-refractivity contribution < 1.29 is 24.6 Å². The molecule has 2 rings (SSSR count). The van der Waals surface area contributed by atoms with E-state index in [0.717, 1.165) is 16.7 Å². The van der Waals surface area contributed by atoms with Gasteiger partial charge in [-0.1, -0.05) is 61.5 Å². The van der Waals surface area contributed by atoms with Gasteiger partial charge in [0.05, 0.1) is 5.92 Å². The van der Waals surface area contributed by atoms with Gasteiger partial charge in [0.15, 0.2) is 0 Å². The zero-order valence-corrected chi connectivity index (χ0v) is 15.8. The zero-order valence-electron chi connectivity index (χ0n) is 15.8. The van der Waals surface area contributed by atoms with Crippen molar-refractivity contribution in [3.63, 3.8) is 0 Å². The summed E-state index contributed by atoms with van der Waals surface area (Å²) in [5.74, 6) is -3.14. The Morgan fingerprint density at radius 3 is 2.11 bits per heavy atom. The smallest absolute Gasteiger partial charge is 0.306 e. The van der Waals surface area contributed by atoms with Gasteiger partial charge in [-0.3, -0.25) is 14.4 Å². The van der Waals surface area contributed by atoms with E-state index in [1.54, 1.807) is 0 Å².